The van der Waals surface area contributed by atoms with E-state index in [1.165, 1.54) is 23.8 Å². The van der Waals surface area contributed by atoms with Gasteiger partial charge in [-0.3, -0.25) is 9.78 Å². The molecule has 1 fully saturated rings. The lowest BCUT2D eigenvalue weighted by atomic mass is 9.93. The molecule has 2 aromatic rings. The molecule has 1 saturated heterocycles. The van der Waals surface area contributed by atoms with Gasteiger partial charge in [-0.05, 0) is 13.0 Å². The molecule has 0 aromatic carbocycles. The zero-order valence-electron chi connectivity index (χ0n) is 13.1. The molecule has 1 aliphatic heterocycles. The number of ether oxygens (including phenoxy) is 1. The van der Waals surface area contributed by atoms with Crippen LogP contribution in [0.4, 0.5) is 5.95 Å². The minimum absolute atomic E-state index is 0.0864. The van der Waals surface area contributed by atoms with E-state index in [0.717, 1.165) is 0 Å². The number of aliphatic hydroxyl groups excluding tert-OH is 2. The zero-order chi connectivity index (χ0) is 18.4. The van der Waals surface area contributed by atoms with Crippen molar-refractivity contribution in [1.82, 2.24) is 14.5 Å². The van der Waals surface area contributed by atoms with Gasteiger partial charge < -0.3 is 30.5 Å². The number of rotatable bonds is 3. The van der Waals surface area contributed by atoms with Gasteiger partial charge in [-0.2, -0.15) is 4.98 Å². The maximum atomic E-state index is 12.1. The van der Waals surface area contributed by atoms with Crippen LogP contribution in [0.5, 0.6) is 0 Å². The van der Waals surface area contributed by atoms with Crippen molar-refractivity contribution in [3.63, 3.8) is 0 Å². The Balaban J connectivity index is 2.18. The Hall–Kier alpha value is -2.78. The van der Waals surface area contributed by atoms with Gasteiger partial charge in [0.05, 0.1) is 11.5 Å². The van der Waals surface area contributed by atoms with Gasteiger partial charge >= 0.3 is 0 Å². The lowest BCUT2D eigenvalue weighted by Crippen LogP contribution is -2.47. The van der Waals surface area contributed by atoms with Crippen molar-refractivity contribution in [2.24, 2.45) is 16.2 Å². The van der Waals surface area contributed by atoms with E-state index in [0.29, 0.717) is 0 Å². The first-order valence-corrected chi connectivity index (χ1v) is 7.27. The van der Waals surface area contributed by atoms with Crippen LogP contribution in [0.3, 0.4) is 0 Å². The average Bonchev–Trinajstić information content (AvgIpc) is 3.09. The van der Waals surface area contributed by atoms with Crippen molar-refractivity contribution in [1.29, 1.82) is 0 Å². The third kappa shape index (κ3) is 2.48. The van der Waals surface area contributed by atoms with Gasteiger partial charge in [0.2, 0.25) is 0 Å². The summed E-state index contributed by atoms with van der Waals surface area (Å²) in [6.45, 7) is 1.39. The fourth-order valence-electron chi connectivity index (χ4n) is 2.86. The number of hydrogen-bond donors (Lipinski definition) is 5. The van der Waals surface area contributed by atoms with E-state index in [-0.39, 0.29) is 17.0 Å². The van der Waals surface area contributed by atoms with Crippen LogP contribution in [0.15, 0.2) is 27.4 Å². The highest BCUT2D eigenvalue weighted by Gasteiger charge is 2.57. The van der Waals surface area contributed by atoms with Crippen LogP contribution in [0.25, 0.3) is 11.0 Å². The maximum Gasteiger partial charge on any atom is 0.261 e. The molecule has 2 aromatic heterocycles. The minimum Gasteiger partial charge on any atom is -0.391 e. The lowest BCUT2D eigenvalue weighted by molar-refractivity contribution is -0.0844. The summed E-state index contributed by atoms with van der Waals surface area (Å²) in [5.74, 6) is 6.91. The van der Waals surface area contributed by atoms with E-state index in [1.54, 1.807) is 0 Å². The van der Waals surface area contributed by atoms with Crippen LogP contribution < -0.4 is 11.4 Å². The van der Waals surface area contributed by atoms with E-state index in [4.69, 9.17) is 17.0 Å². The normalized spacial score (nSPS) is 30.8. The number of H-pyrrole nitrogens is 1. The predicted molar refractivity (Wildman–Crippen MR) is 84.4 cm³/mol. The molecule has 11 nitrogen and oxygen atoms in total. The quantitative estimate of drug-likeness (QED) is 0.198. The molecule has 132 valence electrons. The van der Waals surface area contributed by atoms with Gasteiger partial charge in [-0.15, -0.1) is 6.42 Å². The van der Waals surface area contributed by atoms with Gasteiger partial charge in [0, 0.05) is 6.20 Å². The molecule has 3 rings (SSSR count). The number of aromatic nitrogens is 3. The number of hydrogen-bond acceptors (Lipinski definition) is 8. The summed E-state index contributed by atoms with van der Waals surface area (Å²) < 4.78 is 6.86. The van der Waals surface area contributed by atoms with Crippen LogP contribution >= 0.6 is 0 Å². The summed E-state index contributed by atoms with van der Waals surface area (Å²) in [6.07, 6.45) is 1.74. The second-order valence-electron chi connectivity index (χ2n) is 5.67. The summed E-state index contributed by atoms with van der Waals surface area (Å²) in [4.78, 5) is 18.5. The molecule has 1 unspecified atom stereocenters. The molecule has 6 N–H and O–H groups in total. The minimum atomic E-state index is -2.15. The summed E-state index contributed by atoms with van der Waals surface area (Å²) >= 11 is 0. The molecule has 5 atom stereocenters. The molecule has 0 amide bonds. The summed E-state index contributed by atoms with van der Waals surface area (Å²) in [5.41, 5.74) is -2.57. The Bertz CT molecular complexity index is 928. The van der Waals surface area contributed by atoms with E-state index >= 15 is 0 Å². The summed E-state index contributed by atoms with van der Waals surface area (Å²) in [6, 6.07) is 1.44. The average molecular weight is 348 g/mol. The highest BCUT2D eigenvalue weighted by molar-refractivity contribution is 5.76. The molecule has 25 heavy (non-hydrogen) atoms. The topological polar surface area (TPSA) is 171 Å². The van der Waals surface area contributed by atoms with Crippen molar-refractivity contribution in [3.8, 4) is 12.3 Å². The maximum absolute atomic E-state index is 12.1. The van der Waals surface area contributed by atoms with Crippen molar-refractivity contribution in [3.05, 3.63) is 22.6 Å². The highest BCUT2D eigenvalue weighted by atomic mass is 16.6. The van der Waals surface area contributed by atoms with Gasteiger partial charge in [0.1, 0.15) is 12.2 Å². The monoisotopic (exact) mass is 348 g/mol. The van der Waals surface area contributed by atoms with E-state index in [2.05, 4.69) is 26.2 Å². The van der Waals surface area contributed by atoms with Crippen molar-refractivity contribution < 1.29 is 20.1 Å². The van der Waals surface area contributed by atoms with E-state index < -0.39 is 35.7 Å². The zero-order valence-corrected chi connectivity index (χ0v) is 13.1. The smallest absolute Gasteiger partial charge is 0.261 e. The van der Waals surface area contributed by atoms with Crippen LogP contribution in [-0.2, 0) is 4.74 Å². The number of nitrogens with zero attached hydrogens (tertiary/aromatic N) is 4. The predicted octanol–water partition coefficient (Wildman–Crippen LogP) is -1.31. The second-order valence-corrected chi connectivity index (χ2v) is 5.67. The number of fused-ring (bicyclic) bond motifs is 1. The van der Waals surface area contributed by atoms with Gasteiger partial charge in [-0.25, -0.2) is 0 Å². The third-order valence-corrected chi connectivity index (χ3v) is 4.11. The molecular weight excluding hydrogens is 332 g/mol. The Morgan fingerprint density at radius 3 is 2.96 bits per heavy atom. The van der Waals surface area contributed by atoms with Gasteiger partial charge in [-0.1, -0.05) is 16.3 Å². The molecule has 0 aliphatic carbocycles. The van der Waals surface area contributed by atoms with Crippen molar-refractivity contribution in [2.45, 2.75) is 37.1 Å². The van der Waals surface area contributed by atoms with Gasteiger partial charge in [0.15, 0.2) is 17.5 Å². The second kappa shape index (κ2) is 5.94. The van der Waals surface area contributed by atoms with Crippen LogP contribution in [0.2, 0.25) is 0 Å². The fourth-order valence-corrected chi connectivity index (χ4v) is 2.86. The first kappa shape index (κ1) is 17.1. The van der Waals surface area contributed by atoms with Crippen LogP contribution in [0, 0.1) is 12.3 Å². The Kier molecular flexibility index (Phi) is 4.05. The SMILES string of the molecule is C#C[C@@]1(O)C(O)[C@@H]([C@H](C)O)O[C@H]1n1ccc2c(=O)[nH]c(N=NN)nc21. The summed E-state index contributed by atoms with van der Waals surface area (Å²) in [7, 11) is 0. The van der Waals surface area contributed by atoms with Crippen molar-refractivity contribution >= 4 is 17.0 Å². The highest BCUT2D eigenvalue weighted by Crippen LogP contribution is 2.40. The summed E-state index contributed by atoms with van der Waals surface area (Å²) in [5, 5.41) is 37.4. The molecule has 1 aliphatic rings. The first-order valence-electron chi connectivity index (χ1n) is 7.27. The molecule has 0 spiro atoms. The number of terminal acetylenes is 1. The molecule has 11 heteroatoms. The Morgan fingerprint density at radius 2 is 2.36 bits per heavy atom. The Morgan fingerprint density at radius 1 is 1.64 bits per heavy atom. The number of aromatic amines is 1. The largest absolute Gasteiger partial charge is 0.391 e. The third-order valence-electron chi connectivity index (χ3n) is 4.11. The first-order chi connectivity index (χ1) is 11.8. The fraction of sp³-hybridized carbons (Fsp3) is 0.429. The van der Waals surface area contributed by atoms with Crippen LogP contribution in [-0.4, -0.2) is 53.8 Å². The van der Waals surface area contributed by atoms with Gasteiger partial charge in [0.25, 0.3) is 11.5 Å². The van der Waals surface area contributed by atoms with E-state index in [9.17, 15) is 20.1 Å². The molecular formula is C14H16N6O5. The lowest BCUT2D eigenvalue weighted by Gasteiger charge is -2.26. The Labute approximate surface area is 140 Å². The van der Waals surface area contributed by atoms with Crippen molar-refractivity contribution in [2.75, 3.05) is 0 Å². The number of nitrogens with one attached hydrogen (secondary N) is 1. The van der Waals surface area contributed by atoms with E-state index in [1.807, 2.05) is 0 Å². The molecule has 0 bridgehead atoms. The van der Waals surface area contributed by atoms with Crippen LogP contribution in [0.1, 0.15) is 13.2 Å². The molecule has 3 heterocycles. The number of aliphatic hydroxyl groups is 3. The standard InChI is InChI=1S/C14H16N6O5/c1-3-14(24)9(22)8(6(2)21)25-12(14)20-5-4-7-10(20)16-13(18-19-15)17-11(7)23/h1,4-6,8-9,12,21-22,24H,2H3,(H3,15,16,17,18,23)/t6-,8+,9?,12+,14+/m0/s1. The molecule has 0 saturated carbocycles. The molecule has 0 radical (unpaired) electrons. The number of nitrogens with two attached hydrogens (primary N) is 1.